The Balaban J connectivity index is 1.43. The minimum Gasteiger partial charge on any atom is -0.393 e. The summed E-state index contributed by atoms with van der Waals surface area (Å²) >= 11 is 0. The Labute approximate surface area is 147 Å². The zero-order chi connectivity index (χ0) is 17.4. The first-order valence-electron chi connectivity index (χ1n) is 8.75. The highest BCUT2D eigenvalue weighted by molar-refractivity contribution is 5.78. The van der Waals surface area contributed by atoms with E-state index < -0.39 is 0 Å². The first-order valence-corrected chi connectivity index (χ1v) is 8.75. The van der Waals surface area contributed by atoms with Crippen LogP contribution in [0.1, 0.15) is 35.8 Å². The molecule has 1 aliphatic carbocycles. The van der Waals surface area contributed by atoms with Gasteiger partial charge >= 0.3 is 0 Å². The maximum atomic E-state index is 9.48. The monoisotopic (exact) mass is 337 g/mol. The van der Waals surface area contributed by atoms with E-state index in [0.717, 1.165) is 54.2 Å². The van der Waals surface area contributed by atoms with Gasteiger partial charge in [0.2, 0.25) is 0 Å². The van der Waals surface area contributed by atoms with E-state index in [1.165, 1.54) is 5.56 Å². The zero-order valence-electron chi connectivity index (χ0n) is 14.6. The Hall–Kier alpha value is -2.47. The summed E-state index contributed by atoms with van der Waals surface area (Å²) in [5.41, 5.74) is 4.36. The second kappa shape index (κ2) is 6.44. The molecule has 0 amide bonds. The lowest BCUT2D eigenvalue weighted by atomic mass is 9.80. The molecule has 2 heterocycles. The summed E-state index contributed by atoms with van der Waals surface area (Å²) < 4.78 is 0. The molecular formula is C19H23N5O. The van der Waals surface area contributed by atoms with Gasteiger partial charge in [-0.15, -0.1) is 0 Å². The molecule has 2 N–H and O–H groups in total. The molecule has 130 valence electrons. The number of fused-ring (bicyclic) bond motifs is 1. The molecule has 0 unspecified atom stereocenters. The number of aliphatic hydroxyl groups excluding tert-OH is 1. The molecule has 1 aliphatic rings. The highest BCUT2D eigenvalue weighted by atomic mass is 16.3. The number of H-pyrrole nitrogens is 1. The van der Waals surface area contributed by atoms with Crippen LogP contribution in [0, 0.1) is 6.92 Å². The lowest BCUT2D eigenvalue weighted by molar-refractivity contribution is 0.0732. The maximum absolute atomic E-state index is 9.48. The number of nitrogens with zero attached hydrogens (tertiary/aromatic N) is 4. The van der Waals surface area contributed by atoms with Crippen LogP contribution >= 0.6 is 0 Å². The van der Waals surface area contributed by atoms with Gasteiger partial charge in [0, 0.05) is 37.7 Å². The molecule has 2 aromatic heterocycles. The van der Waals surface area contributed by atoms with Crippen LogP contribution in [-0.2, 0) is 6.42 Å². The third-order valence-corrected chi connectivity index (χ3v) is 5.04. The summed E-state index contributed by atoms with van der Waals surface area (Å²) in [5, 5.41) is 9.48. The van der Waals surface area contributed by atoms with Crippen LogP contribution in [0.5, 0.6) is 0 Å². The molecule has 1 fully saturated rings. The molecule has 0 atom stereocenters. The van der Waals surface area contributed by atoms with Gasteiger partial charge in [-0.3, -0.25) is 0 Å². The van der Waals surface area contributed by atoms with Gasteiger partial charge in [-0.1, -0.05) is 12.1 Å². The molecule has 4 rings (SSSR count). The number of likely N-dealkylation sites (N-methyl/N-ethyl adjacent to an activating group) is 1. The van der Waals surface area contributed by atoms with Gasteiger partial charge in [-0.2, -0.15) is 0 Å². The molecule has 3 aromatic rings. The predicted molar refractivity (Wildman–Crippen MR) is 97.8 cm³/mol. The smallest absolute Gasteiger partial charge is 0.131 e. The van der Waals surface area contributed by atoms with Crippen molar-refractivity contribution < 1.29 is 5.11 Å². The predicted octanol–water partition coefficient (Wildman–Crippen LogP) is 2.58. The number of aryl methyl sites for hydroxylation is 1. The van der Waals surface area contributed by atoms with E-state index in [0.29, 0.717) is 5.92 Å². The number of aliphatic hydroxyl groups is 1. The molecule has 0 saturated heterocycles. The molecule has 1 aromatic carbocycles. The Morgan fingerprint density at radius 3 is 2.88 bits per heavy atom. The molecule has 0 aliphatic heterocycles. The van der Waals surface area contributed by atoms with E-state index in [-0.39, 0.29) is 6.10 Å². The van der Waals surface area contributed by atoms with Crippen LogP contribution < -0.4 is 4.90 Å². The van der Waals surface area contributed by atoms with Crippen LogP contribution in [-0.4, -0.2) is 44.7 Å². The van der Waals surface area contributed by atoms with Gasteiger partial charge in [0.25, 0.3) is 0 Å². The van der Waals surface area contributed by atoms with Crippen LogP contribution in [0.3, 0.4) is 0 Å². The van der Waals surface area contributed by atoms with Gasteiger partial charge in [0.1, 0.15) is 18.0 Å². The number of aromatic nitrogens is 4. The Morgan fingerprint density at radius 1 is 1.28 bits per heavy atom. The van der Waals surface area contributed by atoms with E-state index in [1.54, 1.807) is 6.33 Å². The van der Waals surface area contributed by atoms with Crippen molar-refractivity contribution >= 4 is 16.9 Å². The Morgan fingerprint density at radius 2 is 2.12 bits per heavy atom. The number of anilines is 1. The number of imidazole rings is 1. The fourth-order valence-electron chi connectivity index (χ4n) is 3.36. The normalized spacial score (nSPS) is 19.8. The number of benzene rings is 1. The third kappa shape index (κ3) is 3.22. The quantitative estimate of drug-likeness (QED) is 0.748. The molecule has 25 heavy (non-hydrogen) atoms. The molecule has 6 heteroatoms. The largest absolute Gasteiger partial charge is 0.393 e. The van der Waals surface area contributed by atoms with Crippen molar-refractivity contribution in [3.63, 3.8) is 0 Å². The number of hydrogen-bond donors (Lipinski definition) is 2. The first-order chi connectivity index (χ1) is 12.1. The number of aromatic amines is 1. The van der Waals surface area contributed by atoms with Crippen molar-refractivity contribution in [2.45, 2.75) is 38.2 Å². The average Bonchev–Trinajstić information content (AvgIpc) is 3.01. The summed E-state index contributed by atoms with van der Waals surface area (Å²) in [4.78, 5) is 19.0. The third-order valence-electron chi connectivity index (χ3n) is 5.04. The lowest BCUT2D eigenvalue weighted by Gasteiger charge is -2.31. The van der Waals surface area contributed by atoms with Gasteiger partial charge < -0.3 is 15.0 Å². The Kier molecular flexibility index (Phi) is 4.13. The second-order valence-corrected chi connectivity index (χ2v) is 6.95. The summed E-state index contributed by atoms with van der Waals surface area (Å²) in [6, 6.07) is 8.23. The van der Waals surface area contributed by atoms with Gasteiger partial charge in [0.05, 0.1) is 17.1 Å². The molecular weight excluding hydrogens is 314 g/mol. The maximum Gasteiger partial charge on any atom is 0.131 e. The lowest BCUT2D eigenvalue weighted by Crippen LogP contribution is -2.28. The number of rotatable bonds is 5. The Bertz CT molecular complexity index is 884. The summed E-state index contributed by atoms with van der Waals surface area (Å²) in [7, 11) is 2.04. The van der Waals surface area contributed by atoms with E-state index in [2.05, 4.69) is 38.9 Å². The number of hydrogen-bond acceptors (Lipinski definition) is 5. The van der Waals surface area contributed by atoms with E-state index in [1.807, 2.05) is 19.2 Å². The van der Waals surface area contributed by atoms with Crippen molar-refractivity contribution in [2.75, 3.05) is 18.5 Å². The molecule has 0 bridgehead atoms. The van der Waals surface area contributed by atoms with Crippen molar-refractivity contribution in [1.29, 1.82) is 0 Å². The SMILES string of the molecule is Cc1cccc2[nH]c(CCN(C)c3cc(C4CC(O)C4)ncn3)nc12. The van der Waals surface area contributed by atoms with E-state index in [9.17, 15) is 5.11 Å². The fraction of sp³-hybridized carbons (Fsp3) is 0.421. The summed E-state index contributed by atoms with van der Waals surface area (Å²) in [6.07, 6.45) is 3.89. The fourth-order valence-corrected chi connectivity index (χ4v) is 3.36. The van der Waals surface area contributed by atoms with Crippen LogP contribution in [0.4, 0.5) is 5.82 Å². The number of nitrogens with one attached hydrogen (secondary N) is 1. The van der Waals surface area contributed by atoms with Crippen molar-refractivity contribution in [3.8, 4) is 0 Å². The van der Waals surface area contributed by atoms with Gasteiger partial charge in [0.15, 0.2) is 0 Å². The summed E-state index contributed by atoms with van der Waals surface area (Å²) in [5.74, 6) is 2.27. The highest BCUT2D eigenvalue weighted by Crippen LogP contribution is 2.36. The van der Waals surface area contributed by atoms with Crippen molar-refractivity contribution in [3.05, 3.63) is 47.7 Å². The van der Waals surface area contributed by atoms with Crippen molar-refractivity contribution in [2.24, 2.45) is 0 Å². The topological polar surface area (TPSA) is 77.9 Å². The molecule has 0 spiro atoms. The van der Waals surface area contributed by atoms with Crippen LogP contribution in [0.25, 0.3) is 11.0 Å². The second-order valence-electron chi connectivity index (χ2n) is 6.95. The van der Waals surface area contributed by atoms with Gasteiger partial charge in [-0.05, 0) is 31.4 Å². The minimum absolute atomic E-state index is 0.169. The van der Waals surface area contributed by atoms with Crippen LogP contribution in [0.15, 0.2) is 30.6 Å². The highest BCUT2D eigenvalue weighted by Gasteiger charge is 2.29. The molecule has 6 nitrogen and oxygen atoms in total. The number of para-hydroxylation sites is 1. The first kappa shape index (κ1) is 16.0. The molecule has 0 radical (unpaired) electrons. The average molecular weight is 337 g/mol. The molecule has 1 saturated carbocycles. The van der Waals surface area contributed by atoms with E-state index in [4.69, 9.17) is 4.98 Å². The summed E-state index contributed by atoms with van der Waals surface area (Å²) in [6.45, 7) is 2.90. The minimum atomic E-state index is -0.169. The standard InChI is InChI=1S/C19H23N5O/c1-12-4-3-5-15-19(12)23-17(22-15)6-7-24(2)18-10-16(20-11-21-18)13-8-14(25)9-13/h3-5,10-11,13-14,25H,6-9H2,1-2H3,(H,22,23). The van der Waals surface area contributed by atoms with Gasteiger partial charge in [-0.25, -0.2) is 15.0 Å². The van der Waals surface area contributed by atoms with Crippen molar-refractivity contribution in [1.82, 2.24) is 19.9 Å². The zero-order valence-corrected chi connectivity index (χ0v) is 14.6. The van der Waals surface area contributed by atoms with E-state index >= 15 is 0 Å². The van der Waals surface area contributed by atoms with Crippen LogP contribution in [0.2, 0.25) is 0 Å².